The molecular formula is C34H48F3N5O7S. The molecule has 0 saturated carbocycles. The summed E-state index contributed by atoms with van der Waals surface area (Å²) >= 11 is 0. The van der Waals surface area contributed by atoms with Crippen molar-refractivity contribution in [3.63, 3.8) is 0 Å². The number of amides is 3. The molecule has 1 aliphatic rings. The van der Waals surface area contributed by atoms with Crippen molar-refractivity contribution in [1.29, 1.82) is 0 Å². The van der Waals surface area contributed by atoms with Gasteiger partial charge >= 0.3 is 12.1 Å². The molecule has 2 aromatic rings. The molecule has 0 saturated heterocycles. The minimum atomic E-state index is -5.08. The number of unbranched alkanes of at least 4 members (excludes halogenated alkanes) is 1. The van der Waals surface area contributed by atoms with Crippen molar-refractivity contribution < 1.29 is 45.9 Å². The summed E-state index contributed by atoms with van der Waals surface area (Å²) in [6.07, 6.45) is -1.10. The molecule has 50 heavy (non-hydrogen) atoms. The van der Waals surface area contributed by atoms with Crippen LogP contribution in [-0.4, -0.2) is 75.1 Å². The summed E-state index contributed by atoms with van der Waals surface area (Å²) in [5.41, 5.74) is 3.27. The predicted octanol–water partition coefficient (Wildman–Crippen LogP) is 3.50. The molecule has 4 atom stereocenters. The summed E-state index contributed by atoms with van der Waals surface area (Å²) < 4.78 is 59.6. The Kier molecular flexibility index (Phi) is 16.3. The maximum atomic E-state index is 13.6. The number of aryl methyl sites for hydroxylation is 2. The third kappa shape index (κ3) is 13.4. The van der Waals surface area contributed by atoms with Gasteiger partial charge < -0.3 is 26.4 Å². The lowest BCUT2D eigenvalue weighted by molar-refractivity contribution is -0.192. The molecule has 0 spiro atoms. The number of sulfonamides is 1. The number of carboxylic acid groups (broad SMARTS) is 1. The first-order valence-corrected chi connectivity index (χ1v) is 17.9. The molecule has 2 aromatic carbocycles. The van der Waals surface area contributed by atoms with E-state index >= 15 is 0 Å². The normalized spacial score (nSPS) is 16.1. The minimum Gasteiger partial charge on any atom is -0.475 e. The number of nitrogens with one attached hydrogen (secondary N) is 5. The highest BCUT2D eigenvalue weighted by Crippen LogP contribution is 2.29. The molecule has 0 fully saturated rings. The first-order chi connectivity index (χ1) is 23.4. The van der Waals surface area contributed by atoms with Crippen LogP contribution in [0.5, 0.6) is 0 Å². The van der Waals surface area contributed by atoms with Crippen LogP contribution in [0.3, 0.4) is 0 Å². The summed E-state index contributed by atoms with van der Waals surface area (Å²) in [7, 11) is -1.98. The first kappa shape index (κ1) is 42.1. The van der Waals surface area contributed by atoms with Crippen LogP contribution in [0.4, 0.5) is 13.2 Å². The lowest BCUT2D eigenvalue weighted by atomic mass is 9.87. The highest BCUT2D eigenvalue weighted by molar-refractivity contribution is 7.89. The van der Waals surface area contributed by atoms with Crippen molar-refractivity contribution in [3.8, 4) is 0 Å². The van der Waals surface area contributed by atoms with Crippen LogP contribution in [0.2, 0.25) is 0 Å². The molecule has 6 N–H and O–H groups in total. The Balaban J connectivity index is 0.00000112. The molecule has 0 bridgehead atoms. The van der Waals surface area contributed by atoms with Crippen molar-refractivity contribution in [2.24, 2.45) is 5.92 Å². The van der Waals surface area contributed by atoms with Crippen LogP contribution in [0.25, 0.3) is 0 Å². The van der Waals surface area contributed by atoms with Crippen molar-refractivity contribution in [3.05, 3.63) is 65.2 Å². The smallest absolute Gasteiger partial charge is 0.475 e. The Bertz CT molecular complexity index is 1550. The fourth-order valence-electron chi connectivity index (χ4n) is 5.13. The van der Waals surface area contributed by atoms with Gasteiger partial charge in [-0.15, -0.1) is 0 Å². The lowest BCUT2D eigenvalue weighted by Gasteiger charge is -2.30. The van der Waals surface area contributed by atoms with E-state index in [2.05, 4.69) is 32.1 Å². The van der Waals surface area contributed by atoms with E-state index in [0.717, 1.165) is 30.4 Å². The second-order valence-electron chi connectivity index (χ2n) is 12.5. The van der Waals surface area contributed by atoms with Gasteiger partial charge in [0, 0.05) is 6.54 Å². The number of rotatable bonds is 15. The number of hydrogen-bond acceptors (Lipinski definition) is 7. The molecular weight excluding hydrogens is 679 g/mol. The molecule has 0 aliphatic heterocycles. The minimum absolute atomic E-state index is 0.157. The van der Waals surface area contributed by atoms with Gasteiger partial charge in [-0.2, -0.15) is 13.2 Å². The summed E-state index contributed by atoms with van der Waals surface area (Å²) in [5.74, 6) is -4.01. The van der Waals surface area contributed by atoms with Gasteiger partial charge in [0.25, 0.3) is 0 Å². The van der Waals surface area contributed by atoms with Crippen LogP contribution in [0.15, 0.2) is 53.4 Å². The summed E-state index contributed by atoms with van der Waals surface area (Å²) in [6, 6.07) is 12.4. The summed E-state index contributed by atoms with van der Waals surface area (Å²) in [4.78, 5) is 48.7. The molecule has 1 unspecified atom stereocenters. The number of halogens is 3. The maximum absolute atomic E-state index is 13.6. The predicted molar refractivity (Wildman–Crippen MR) is 181 cm³/mol. The fraction of sp³-hybridized carbons (Fsp3) is 0.529. The molecule has 0 radical (unpaired) electrons. The number of fused-ring (bicyclic) bond motifs is 1. The summed E-state index contributed by atoms with van der Waals surface area (Å²) in [6.45, 7) is 7.46. The highest BCUT2D eigenvalue weighted by Gasteiger charge is 2.38. The average Bonchev–Trinajstić information content (AvgIpc) is 3.05. The Labute approximate surface area is 291 Å². The topological polar surface area (TPSA) is 183 Å². The number of carbonyl (C=O) groups excluding carboxylic acids is 3. The molecule has 3 rings (SSSR count). The van der Waals surface area contributed by atoms with Crippen molar-refractivity contribution in [2.75, 3.05) is 13.6 Å². The van der Waals surface area contributed by atoms with E-state index in [9.17, 15) is 36.0 Å². The van der Waals surface area contributed by atoms with Crippen molar-refractivity contribution in [1.82, 2.24) is 26.0 Å². The molecule has 1 aliphatic carbocycles. The molecule has 0 aromatic heterocycles. The highest BCUT2D eigenvalue weighted by atomic mass is 32.2. The fourth-order valence-corrected chi connectivity index (χ4v) is 6.21. The van der Waals surface area contributed by atoms with Gasteiger partial charge in [0.1, 0.15) is 12.1 Å². The van der Waals surface area contributed by atoms with Gasteiger partial charge in [0.15, 0.2) is 0 Å². The average molecular weight is 728 g/mol. The second-order valence-corrected chi connectivity index (χ2v) is 14.2. The van der Waals surface area contributed by atoms with Gasteiger partial charge in [-0.05, 0) is 88.6 Å². The maximum Gasteiger partial charge on any atom is 0.490 e. The van der Waals surface area contributed by atoms with Gasteiger partial charge in [-0.1, -0.05) is 55.8 Å². The first-order valence-electron chi connectivity index (χ1n) is 16.4. The van der Waals surface area contributed by atoms with E-state index in [1.165, 1.54) is 5.56 Å². The number of alkyl halides is 3. The van der Waals surface area contributed by atoms with E-state index < -0.39 is 46.2 Å². The van der Waals surface area contributed by atoms with E-state index in [1.54, 1.807) is 38.2 Å². The number of hydrogen-bond donors (Lipinski definition) is 6. The third-order valence-electron chi connectivity index (χ3n) is 8.18. The van der Waals surface area contributed by atoms with Gasteiger partial charge in [-0.25, -0.2) is 17.9 Å². The molecule has 3 amide bonds. The zero-order chi connectivity index (χ0) is 37.6. The van der Waals surface area contributed by atoms with E-state index in [4.69, 9.17) is 9.90 Å². The lowest BCUT2D eigenvalue weighted by Crippen LogP contribution is -2.57. The Morgan fingerprint density at radius 2 is 1.54 bits per heavy atom. The van der Waals surface area contributed by atoms with Crippen LogP contribution >= 0.6 is 0 Å². The quantitative estimate of drug-likeness (QED) is 0.151. The van der Waals surface area contributed by atoms with Gasteiger partial charge in [-0.3, -0.25) is 14.4 Å². The van der Waals surface area contributed by atoms with Crippen LogP contribution in [0, 0.1) is 12.8 Å². The van der Waals surface area contributed by atoms with Crippen LogP contribution < -0.4 is 26.0 Å². The van der Waals surface area contributed by atoms with E-state index in [1.807, 2.05) is 39.0 Å². The molecule has 0 heterocycles. The number of carboxylic acids is 1. The van der Waals surface area contributed by atoms with Gasteiger partial charge in [0.2, 0.25) is 27.7 Å². The third-order valence-corrected chi connectivity index (χ3v) is 9.65. The molecule has 12 nitrogen and oxygen atoms in total. The zero-order valence-electron chi connectivity index (χ0n) is 28.9. The largest absolute Gasteiger partial charge is 0.490 e. The standard InChI is InChI=1S/C32H47N5O5S.C2HF3O2/c1-21(2)29(37-30(38)23(4)33-5)32(40)36-28(31(39)35-27-15-10-12-24-11-6-7-13-26(24)27)14-8-9-20-34-43(41,42)25-18-16-22(3)17-19-25;3-2(4,5)1(6)7/h6-7,11,13,16-19,21,23,27-29,33-34H,8-10,12,14-15,20H2,1-5H3,(H,35,39)(H,36,40)(H,37,38);(H,6,7)/t23-,27?,28-,29-;/m0./s1. The van der Waals surface area contributed by atoms with E-state index in [-0.39, 0.29) is 35.2 Å². The summed E-state index contributed by atoms with van der Waals surface area (Å²) in [5, 5.41) is 18.8. The Morgan fingerprint density at radius 1 is 0.920 bits per heavy atom. The van der Waals surface area contributed by atoms with Crippen LogP contribution in [0.1, 0.15) is 75.6 Å². The molecule has 278 valence electrons. The Hall–Kier alpha value is -4.02. The molecule has 16 heteroatoms. The number of aliphatic carboxylic acids is 1. The Morgan fingerprint density at radius 3 is 2.12 bits per heavy atom. The number of likely N-dealkylation sites (N-methyl/N-ethyl adjacent to an activating group) is 1. The number of benzene rings is 2. The monoisotopic (exact) mass is 727 g/mol. The van der Waals surface area contributed by atoms with Crippen molar-refractivity contribution >= 4 is 33.7 Å². The second kappa shape index (κ2) is 19.4. The number of carbonyl (C=O) groups is 4. The van der Waals surface area contributed by atoms with Crippen LogP contribution in [-0.2, 0) is 35.6 Å². The SMILES string of the molecule is CN[C@@H](C)C(=O)N[C@H](C(=O)N[C@@H](CCCCNS(=O)(=O)c1ccc(C)cc1)C(=O)NC1CCCc2ccccc21)C(C)C.O=C(O)C(F)(F)F. The zero-order valence-corrected chi connectivity index (χ0v) is 29.7. The van der Waals surface area contributed by atoms with Crippen molar-refractivity contribution in [2.45, 2.75) is 101 Å². The van der Waals surface area contributed by atoms with Gasteiger partial charge in [0.05, 0.1) is 17.0 Å². The van der Waals surface area contributed by atoms with E-state index in [0.29, 0.717) is 19.3 Å².